The number of methoxy groups -OCH3 is 1. The first-order valence-electron chi connectivity index (χ1n) is 3.91. The maximum absolute atomic E-state index is 5.12. The van der Waals surface area contributed by atoms with Crippen LogP contribution in [0.2, 0.25) is 0 Å². The molecule has 0 aromatic heterocycles. The first kappa shape index (κ1) is 9.99. The van der Waals surface area contributed by atoms with E-state index in [-0.39, 0.29) is 0 Å². The molecule has 0 unspecified atom stereocenters. The Morgan fingerprint density at radius 1 is 1.46 bits per heavy atom. The molecule has 0 atom stereocenters. The van der Waals surface area contributed by atoms with Gasteiger partial charge in [-0.05, 0) is 24.1 Å². The van der Waals surface area contributed by atoms with Gasteiger partial charge in [-0.1, -0.05) is 12.1 Å². The zero-order valence-electron chi connectivity index (χ0n) is 7.49. The van der Waals surface area contributed by atoms with Crippen molar-refractivity contribution in [1.29, 1.82) is 0 Å². The minimum atomic E-state index is 0.624. The lowest BCUT2D eigenvalue weighted by molar-refractivity contribution is 0.399. The second-order valence-corrected chi connectivity index (χ2v) is 2.75. The molecule has 0 radical (unpaired) electrons. The Labute approximate surface area is 83.8 Å². The molecule has 0 spiro atoms. The average Bonchev–Trinajstić information content (AvgIpc) is 2.18. The summed E-state index contributed by atoms with van der Waals surface area (Å²) in [5, 5.41) is 0. The summed E-state index contributed by atoms with van der Waals surface area (Å²) in [4.78, 5) is 0. The number of hydrogen-bond donors (Lipinski definition) is 1. The van der Waals surface area contributed by atoms with E-state index in [1.807, 2.05) is 24.3 Å². The number of thiol groups is 1. The van der Waals surface area contributed by atoms with Crippen molar-refractivity contribution in [3.05, 3.63) is 36.4 Å². The molecule has 0 fully saturated rings. The zero-order chi connectivity index (χ0) is 9.68. The van der Waals surface area contributed by atoms with Gasteiger partial charge in [0, 0.05) is 12.9 Å². The monoisotopic (exact) mass is 196 g/mol. The lowest BCUT2D eigenvalue weighted by Crippen LogP contribution is -1.89. The van der Waals surface area contributed by atoms with E-state index < -0.39 is 0 Å². The van der Waals surface area contributed by atoms with Gasteiger partial charge in [0.1, 0.15) is 0 Å². The van der Waals surface area contributed by atoms with Crippen molar-refractivity contribution >= 4 is 12.9 Å². The molecular weight excluding hydrogens is 184 g/mol. The van der Waals surface area contributed by atoms with Crippen molar-refractivity contribution in [1.82, 2.24) is 0 Å². The predicted octanol–water partition coefficient (Wildman–Crippen LogP) is 2.65. The van der Waals surface area contributed by atoms with Crippen molar-refractivity contribution in [3.63, 3.8) is 0 Å². The predicted molar refractivity (Wildman–Crippen MR) is 56.5 cm³/mol. The van der Waals surface area contributed by atoms with Crippen LogP contribution in [-0.2, 0) is 6.42 Å². The average molecular weight is 196 g/mol. The van der Waals surface area contributed by atoms with Crippen molar-refractivity contribution in [2.75, 3.05) is 7.11 Å². The van der Waals surface area contributed by atoms with E-state index in [1.165, 1.54) is 0 Å². The van der Waals surface area contributed by atoms with Crippen LogP contribution in [0.15, 0.2) is 30.9 Å². The summed E-state index contributed by atoms with van der Waals surface area (Å²) in [6, 6.07) is 5.69. The zero-order valence-corrected chi connectivity index (χ0v) is 8.38. The van der Waals surface area contributed by atoms with Crippen molar-refractivity contribution in [3.8, 4) is 11.5 Å². The molecule has 0 amide bonds. The lowest BCUT2D eigenvalue weighted by atomic mass is 10.1. The van der Waals surface area contributed by atoms with Gasteiger partial charge in [0.25, 0.3) is 0 Å². The molecule has 13 heavy (non-hydrogen) atoms. The SMILES string of the molecule is C=CCc1ccc(OS)c(OC)c1. The highest BCUT2D eigenvalue weighted by Gasteiger charge is 2.03. The molecule has 0 saturated heterocycles. The molecule has 0 N–H and O–H groups in total. The van der Waals surface area contributed by atoms with Crippen LogP contribution >= 0.6 is 12.9 Å². The van der Waals surface area contributed by atoms with Gasteiger partial charge in [-0.3, -0.25) is 0 Å². The maximum Gasteiger partial charge on any atom is 0.178 e. The van der Waals surface area contributed by atoms with Gasteiger partial charge in [-0.25, -0.2) is 0 Å². The fraction of sp³-hybridized carbons (Fsp3) is 0.200. The van der Waals surface area contributed by atoms with Gasteiger partial charge in [-0.15, -0.1) is 6.58 Å². The fourth-order valence-electron chi connectivity index (χ4n) is 1.08. The summed E-state index contributed by atoms with van der Waals surface area (Å²) in [5.41, 5.74) is 1.14. The van der Waals surface area contributed by atoms with Crippen LogP contribution in [0.1, 0.15) is 5.56 Å². The lowest BCUT2D eigenvalue weighted by Gasteiger charge is -2.07. The Morgan fingerprint density at radius 2 is 2.23 bits per heavy atom. The topological polar surface area (TPSA) is 18.5 Å². The molecule has 0 bridgehead atoms. The summed E-state index contributed by atoms with van der Waals surface area (Å²) < 4.78 is 9.93. The molecule has 2 nitrogen and oxygen atoms in total. The fourth-order valence-corrected chi connectivity index (χ4v) is 1.23. The number of allylic oxidation sites excluding steroid dienone is 1. The van der Waals surface area contributed by atoms with E-state index in [4.69, 9.17) is 8.92 Å². The van der Waals surface area contributed by atoms with Crippen LogP contribution in [-0.4, -0.2) is 7.11 Å². The van der Waals surface area contributed by atoms with Crippen molar-refractivity contribution < 1.29 is 8.92 Å². The van der Waals surface area contributed by atoms with E-state index >= 15 is 0 Å². The first-order chi connectivity index (χ1) is 6.31. The largest absolute Gasteiger partial charge is 0.493 e. The highest BCUT2D eigenvalue weighted by molar-refractivity contribution is 7.75. The molecule has 0 saturated carbocycles. The molecule has 70 valence electrons. The van der Waals surface area contributed by atoms with E-state index in [1.54, 1.807) is 7.11 Å². The molecule has 1 rings (SSSR count). The Morgan fingerprint density at radius 3 is 2.77 bits per heavy atom. The van der Waals surface area contributed by atoms with Crippen molar-refractivity contribution in [2.24, 2.45) is 0 Å². The number of benzene rings is 1. The first-order valence-corrected chi connectivity index (χ1v) is 4.27. The van der Waals surface area contributed by atoms with Crippen LogP contribution in [0.4, 0.5) is 0 Å². The number of hydrogen-bond acceptors (Lipinski definition) is 3. The Hall–Kier alpha value is -1.09. The second kappa shape index (κ2) is 4.82. The summed E-state index contributed by atoms with van der Waals surface area (Å²) in [6.07, 6.45) is 2.67. The van der Waals surface area contributed by atoms with E-state index in [2.05, 4.69) is 19.5 Å². The second-order valence-electron chi connectivity index (χ2n) is 2.57. The molecule has 1 aromatic rings. The van der Waals surface area contributed by atoms with Crippen LogP contribution in [0.5, 0.6) is 11.5 Å². The molecule has 0 aliphatic heterocycles. The Kier molecular flexibility index (Phi) is 3.71. The standard InChI is InChI=1S/C10H12O2S/c1-3-4-8-5-6-9(12-13)10(7-8)11-2/h3,5-7,13H,1,4H2,2H3. The maximum atomic E-state index is 5.12. The van der Waals surface area contributed by atoms with Crippen LogP contribution in [0.25, 0.3) is 0 Å². The molecular formula is C10H12O2S. The molecule has 0 heterocycles. The van der Waals surface area contributed by atoms with Crippen LogP contribution < -0.4 is 8.92 Å². The van der Waals surface area contributed by atoms with Gasteiger partial charge in [0.05, 0.1) is 7.11 Å². The van der Waals surface area contributed by atoms with Crippen LogP contribution in [0.3, 0.4) is 0 Å². The normalized spacial score (nSPS) is 9.38. The van der Waals surface area contributed by atoms with Gasteiger partial charge in [0.2, 0.25) is 0 Å². The third kappa shape index (κ3) is 2.42. The molecule has 0 aliphatic rings. The summed E-state index contributed by atoms with van der Waals surface area (Å²) >= 11 is 3.72. The van der Waals surface area contributed by atoms with E-state index in [0.29, 0.717) is 11.5 Å². The minimum Gasteiger partial charge on any atom is -0.493 e. The minimum absolute atomic E-state index is 0.624. The highest BCUT2D eigenvalue weighted by atomic mass is 32.1. The Balaban J connectivity index is 2.98. The molecule has 3 heteroatoms. The third-order valence-electron chi connectivity index (χ3n) is 1.71. The smallest absolute Gasteiger partial charge is 0.178 e. The van der Waals surface area contributed by atoms with Gasteiger partial charge in [0.15, 0.2) is 11.5 Å². The molecule has 0 aliphatic carbocycles. The number of ether oxygens (including phenoxy) is 1. The van der Waals surface area contributed by atoms with Crippen LogP contribution in [0, 0.1) is 0 Å². The number of rotatable bonds is 4. The Bertz CT molecular complexity index is 297. The van der Waals surface area contributed by atoms with Gasteiger partial charge >= 0.3 is 0 Å². The summed E-state index contributed by atoms with van der Waals surface area (Å²) in [5.74, 6) is 1.31. The summed E-state index contributed by atoms with van der Waals surface area (Å²) in [6.45, 7) is 3.67. The van der Waals surface area contributed by atoms with Crippen molar-refractivity contribution in [2.45, 2.75) is 6.42 Å². The van der Waals surface area contributed by atoms with E-state index in [0.717, 1.165) is 12.0 Å². The van der Waals surface area contributed by atoms with Gasteiger partial charge < -0.3 is 8.92 Å². The highest BCUT2D eigenvalue weighted by Crippen LogP contribution is 2.28. The van der Waals surface area contributed by atoms with E-state index in [9.17, 15) is 0 Å². The molecule has 1 aromatic carbocycles. The quantitative estimate of drug-likeness (QED) is 0.453. The van der Waals surface area contributed by atoms with Gasteiger partial charge in [-0.2, -0.15) is 0 Å². The summed E-state index contributed by atoms with van der Waals surface area (Å²) in [7, 11) is 1.60. The third-order valence-corrected chi connectivity index (χ3v) is 1.90.